The van der Waals surface area contributed by atoms with Crippen LogP contribution in [-0.4, -0.2) is 19.8 Å². The summed E-state index contributed by atoms with van der Waals surface area (Å²) in [5.41, 5.74) is 0.965. The highest BCUT2D eigenvalue weighted by Gasteiger charge is 2.14. The Bertz CT molecular complexity index is 366. The van der Waals surface area contributed by atoms with Gasteiger partial charge in [0.05, 0.1) is 0 Å². The molecular formula is C13H17BrFNO. The molecule has 0 aromatic heterocycles. The van der Waals surface area contributed by atoms with Gasteiger partial charge in [0, 0.05) is 24.2 Å². The van der Waals surface area contributed by atoms with Gasteiger partial charge in [0.1, 0.15) is 5.82 Å². The van der Waals surface area contributed by atoms with Crippen LogP contribution in [0.4, 0.5) is 4.39 Å². The first-order valence-electron chi connectivity index (χ1n) is 5.98. The van der Waals surface area contributed by atoms with E-state index < -0.39 is 0 Å². The Morgan fingerprint density at radius 3 is 3.12 bits per heavy atom. The fraction of sp³-hybridized carbons (Fsp3) is 0.538. The molecule has 0 aliphatic carbocycles. The summed E-state index contributed by atoms with van der Waals surface area (Å²) in [7, 11) is 0. The molecule has 1 aliphatic heterocycles. The predicted molar refractivity (Wildman–Crippen MR) is 69.3 cm³/mol. The predicted octanol–water partition coefficient (Wildman–Crippen LogP) is 3.10. The van der Waals surface area contributed by atoms with E-state index in [0.717, 1.165) is 36.2 Å². The molecule has 0 amide bonds. The van der Waals surface area contributed by atoms with Gasteiger partial charge in [0.25, 0.3) is 0 Å². The Balaban J connectivity index is 1.72. The van der Waals surface area contributed by atoms with Gasteiger partial charge in [-0.1, -0.05) is 15.9 Å². The fourth-order valence-electron chi connectivity index (χ4n) is 2.02. The minimum Gasteiger partial charge on any atom is -0.381 e. The van der Waals surface area contributed by atoms with Crippen LogP contribution in [0.25, 0.3) is 0 Å². The van der Waals surface area contributed by atoms with E-state index in [9.17, 15) is 4.39 Å². The van der Waals surface area contributed by atoms with Crippen molar-refractivity contribution in [2.75, 3.05) is 19.8 Å². The quantitative estimate of drug-likeness (QED) is 0.844. The molecule has 2 nitrogen and oxygen atoms in total. The summed E-state index contributed by atoms with van der Waals surface area (Å²) in [6, 6.07) is 4.77. The molecule has 1 heterocycles. The van der Waals surface area contributed by atoms with Crippen LogP contribution in [0, 0.1) is 11.7 Å². The lowest BCUT2D eigenvalue weighted by Gasteiger charge is -2.09. The van der Waals surface area contributed by atoms with E-state index in [2.05, 4.69) is 21.2 Å². The van der Waals surface area contributed by atoms with E-state index >= 15 is 0 Å². The number of benzene rings is 1. The highest BCUT2D eigenvalue weighted by molar-refractivity contribution is 9.10. The van der Waals surface area contributed by atoms with Crippen LogP contribution < -0.4 is 5.32 Å². The largest absolute Gasteiger partial charge is 0.381 e. The first-order chi connectivity index (χ1) is 8.25. The molecule has 1 aromatic carbocycles. The summed E-state index contributed by atoms with van der Waals surface area (Å²) in [5.74, 6) is 0.507. The van der Waals surface area contributed by atoms with Gasteiger partial charge in [0.2, 0.25) is 0 Å². The maximum absolute atomic E-state index is 13.0. The molecule has 2 rings (SSSR count). The van der Waals surface area contributed by atoms with Crippen molar-refractivity contribution in [2.45, 2.75) is 19.4 Å². The summed E-state index contributed by atoms with van der Waals surface area (Å²) in [4.78, 5) is 0. The third kappa shape index (κ3) is 4.05. The summed E-state index contributed by atoms with van der Waals surface area (Å²) < 4.78 is 19.3. The number of ether oxygens (including phenoxy) is 1. The summed E-state index contributed by atoms with van der Waals surface area (Å²) in [6.45, 7) is 3.45. The van der Waals surface area contributed by atoms with Crippen LogP contribution in [0.2, 0.25) is 0 Å². The molecule has 0 saturated carbocycles. The maximum Gasteiger partial charge on any atom is 0.123 e. The number of rotatable bonds is 5. The number of hydrogen-bond donors (Lipinski definition) is 1. The zero-order valence-electron chi connectivity index (χ0n) is 9.72. The number of hydrogen-bond acceptors (Lipinski definition) is 2. The van der Waals surface area contributed by atoms with Crippen molar-refractivity contribution < 1.29 is 9.13 Å². The van der Waals surface area contributed by atoms with E-state index in [1.807, 2.05) is 0 Å². The molecule has 0 radical (unpaired) electrons. The van der Waals surface area contributed by atoms with Gasteiger partial charge in [-0.3, -0.25) is 0 Å². The van der Waals surface area contributed by atoms with Gasteiger partial charge >= 0.3 is 0 Å². The van der Waals surface area contributed by atoms with Gasteiger partial charge in [-0.15, -0.1) is 0 Å². The van der Waals surface area contributed by atoms with E-state index in [-0.39, 0.29) is 5.82 Å². The summed E-state index contributed by atoms with van der Waals surface area (Å²) >= 11 is 3.42. The van der Waals surface area contributed by atoms with E-state index in [0.29, 0.717) is 12.5 Å². The standard InChI is InChI=1S/C13H17BrFNO/c14-13-2-1-12(15)7-11(13)8-16-5-3-10-4-6-17-9-10/h1-2,7,10,16H,3-6,8-9H2. The first-order valence-corrected chi connectivity index (χ1v) is 6.77. The van der Waals surface area contributed by atoms with Crippen LogP contribution in [-0.2, 0) is 11.3 Å². The van der Waals surface area contributed by atoms with Crippen molar-refractivity contribution in [1.29, 1.82) is 0 Å². The SMILES string of the molecule is Fc1ccc(Br)c(CNCCC2CCOC2)c1. The zero-order chi connectivity index (χ0) is 12.1. The second kappa shape index (κ2) is 6.47. The third-order valence-electron chi connectivity index (χ3n) is 3.08. The van der Waals surface area contributed by atoms with E-state index in [4.69, 9.17) is 4.74 Å². The normalized spacial score (nSPS) is 19.8. The van der Waals surface area contributed by atoms with Crippen LogP contribution >= 0.6 is 15.9 Å². The smallest absolute Gasteiger partial charge is 0.123 e. The average Bonchev–Trinajstić information content (AvgIpc) is 2.82. The molecule has 1 unspecified atom stereocenters. The lowest BCUT2D eigenvalue weighted by atomic mass is 10.1. The summed E-state index contributed by atoms with van der Waals surface area (Å²) in [5, 5.41) is 3.34. The van der Waals surface area contributed by atoms with Gasteiger partial charge < -0.3 is 10.1 Å². The van der Waals surface area contributed by atoms with Gasteiger partial charge in [-0.2, -0.15) is 0 Å². The molecule has 1 atom stereocenters. The Morgan fingerprint density at radius 1 is 1.47 bits per heavy atom. The second-order valence-electron chi connectivity index (χ2n) is 4.43. The second-order valence-corrected chi connectivity index (χ2v) is 5.29. The zero-order valence-corrected chi connectivity index (χ0v) is 11.3. The molecule has 1 aliphatic rings. The van der Waals surface area contributed by atoms with Crippen molar-refractivity contribution in [3.63, 3.8) is 0 Å². The average molecular weight is 302 g/mol. The number of nitrogens with one attached hydrogen (secondary N) is 1. The Labute approximate surface area is 110 Å². The van der Waals surface area contributed by atoms with Crippen molar-refractivity contribution in [3.05, 3.63) is 34.1 Å². The van der Waals surface area contributed by atoms with Crippen LogP contribution in [0.5, 0.6) is 0 Å². The molecule has 17 heavy (non-hydrogen) atoms. The van der Waals surface area contributed by atoms with Crippen LogP contribution in [0.15, 0.2) is 22.7 Å². The highest BCUT2D eigenvalue weighted by Crippen LogP contribution is 2.18. The van der Waals surface area contributed by atoms with Crippen molar-refractivity contribution >= 4 is 15.9 Å². The molecule has 0 spiro atoms. The van der Waals surface area contributed by atoms with Crippen molar-refractivity contribution in [1.82, 2.24) is 5.32 Å². The van der Waals surface area contributed by atoms with Crippen LogP contribution in [0.1, 0.15) is 18.4 Å². The van der Waals surface area contributed by atoms with Crippen LogP contribution in [0.3, 0.4) is 0 Å². The first kappa shape index (κ1) is 13.0. The maximum atomic E-state index is 13.0. The minimum atomic E-state index is -0.186. The third-order valence-corrected chi connectivity index (χ3v) is 3.85. The lowest BCUT2D eigenvalue weighted by molar-refractivity contribution is 0.184. The van der Waals surface area contributed by atoms with Crippen molar-refractivity contribution in [3.8, 4) is 0 Å². The Hall–Kier alpha value is -0.450. The van der Waals surface area contributed by atoms with Gasteiger partial charge in [-0.25, -0.2) is 4.39 Å². The molecule has 1 aromatic rings. The fourth-order valence-corrected chi connectivity index (χ4v) is 2.41. The lowest BCUT2D eigenvalue weighted by Crippen LogP contribution is -2.18. The molecule has 1 saturated heterocycles. The molecule has 1 N–H and O–H groups in total. The minimum absolute atomic E-state index is 0.186. The van der Waals surface area contributed by atoms with E-state index in [1.165, 1.54) is 12.5 Å². The molecule has 4 heteroatoms. The van der Waals surface area contributed by atoms with E-state index in [1.54, 1.807) is 12.1 Å². The van der Waals surface area contributed by atoms with Crippen molar-refractivity contribution in [2.24, 2.45) is 5.92 Å². The molecule has 94 valence electrons. The topological polar surface area (TPSA) is 21.3 Å². The monoisotopic (exact) mass is 301 g/mol. The molecule has 1 fully saturated rings. The van der Waals surface area contributed by atoms with Gasteiger partial charge in [0.15, 0.2) is 0 Å². The Morgan fingerprint density at radius 2 is 2.35 bits per heavy atom. The molecular weight excluding hydrogens is 285 g/mol. The van der Waals surface area contributed by atoms with Gasteiger partial charge in [-0.05, 0) is 49.1 Å². The molecule has 0 bridgehead atoms. The highest BCUT2D eigenvalue weighted by atomic mass is 79.9. The Kier molecular flexibility index (Phi) is 4.95. The number of halogens is 2. The summed E-state index contributed by atoms with van der Waals surface area (Å²) in [6.07, 6.45) is 2.30.